The van der Waals surface area contributed by atoms with E-state index in [-0.39, 0.29) is 11.7 Å². The summed E-state index contributed by atoms with van der Waals surface area (Å²) < 4.78 is 13.4. The van der Waals surface area contributed by atoms with Crippen LogP contribution in [0.5, 0.6) is 0 Å². The number of halogens is 2. The highest BCUT2D eigenvalue weighted by Gasteiger charge is 2.11. The smallest absolute Gasteiger partial charge is 0.271 e. The lowest BCUT2D eigenvalue weighted by Gasteiger charge is -2.09. The average Bonchev–Trinajstić information content (AvgIpc) is 2.18. The zero-order valence-electron chi connectivity index (χ0n) is 8.38. The third-order valence-electron chi connectivity index (χ3n) is 1.56. The maximum absolute atomic E-state index is 12.9. The molecule has 0 atom stereocenters. The van der Waals surface area contributed by atoms with Gasteiger partial charge in [-0.05, 0) is 48.0 Å². The average molecular weight is 276 g/mol. The number of rotatable bonds is 3. The Kier molecular flexibility index (Phi) is 4.23. The van der Waals surface area contributed by atoms with Crippen LogP contribution in [-0.4, -0.2) is 12.0 Å². The summed E-state index contributed by atoms with van der Waals surface area (Å²) in [7, 11) is 0. The van der Waals surface area contributed by atoms with Gasteiger partial charge < -0.3 is 0 Å². The van der Waals surface area contributed by atoms with Crippen molar-refractivity contribution in [2.45, 2.75) is 20.0 Å². The van der Waals surface area contributed by atoms with E-state index in [1.165, 1.54) is 12.1 Å². The molecule has 1 N–H and O–H groups in total. The van der Waals surface area contributed by atoms with Crippen LogP contribution in [0.25, 0.3) is 0 Å². The molecule has 0 saturated carbocycles. The fourth-order valence-electron chi connectivity index (χ4n) is 0.898. The maximum atomic E-state index is 12.9. The summed E-state index contributed by atoms with van der Waals surface area (Å²) in [5.74, 6) is -0.942. The molecule has 0 aliphatic rings. The number of hydroxylamine groups is 1. The molecule has 0 unspecified atom stereocenters. The normalized spacial score (nSPS) is 10.5. The van der Waals surface area contributed by atoms with E-state index >= 15 is 0 Å². The van der Waals surface area contributed by atoms with Gasteiger partial charge in [0.1, 0.15) is 5.82 Å². The van der Waals surface area contributed by atoms with Gasteiger partial charge in [0.05, 0.1) is 11.7 Å². The SMILES string of the molecule is CC(C)ONC(=O)c1cc(F)ccc1Br. The van der Waals surface area contributed by atoms with Crippen molar-refractivity contribution < 1.29 is 14.0 Å². The van der Waals surface area contributed by atoms with E-state index in [0.717, 1.165) is 6.07 Å². The Morgan fingerprint density at radius 1 is 1.53 bits per heavy atom. The van der Waals surface area contributed by atoms with Crippen LogP contribution < -0.4 is 5.48 Å². The molecule has 0 saturated heterocycles. The molecule has 0 aliphatic carbocycles. The molecule has 1 rings (SSSR count). The third kappa shape index (κ3) is 3.60. The quantitative estimate of drug-likeness (QED) is 0.862. The Morgan fingerprint density at radius 2 is 2.20 bits per heavy atom. The molecule has 0 spiro atoms. The molecule has 1 aromatic carbocycles. The first-order valence-corrected chi connectivity index (χ1v) is 5.21. The van der Waals surface area contributed by atoms with Gasteiger partial charge in [-0.15, -0.1) is 0 Å². The zero-order chi connectivity index (χ0) is 11.4. The Bertz CT molecular complexity index is 368. The molecule has 1 aromatic rings. The molecule has 3 nitrogen and oxygen atoms in total. The number of hydrogen-bond donors (Lipinski definition) is 1. The van der Waals surface area contributed by atoms with E-state index in [9.17, 15) is 9.18 Å². The lowest BCUT2D eigenvalue weighted by Crippen LogP contribution is -2.27. The molecule has 0 radical (unpaired) electrons. The highest BCUT2D eigenvalue weighted by atomic mass is 79.9. The van der Waals surface area contributed by atoms with Crippen molar-refractivity contribution in [2.24, 2.45) is 0 Å². The highest BCUT2D eigenvalue weighted by molar-refractivity contribution is 9.10. The van der Waals surface area contributed by atoms with Crippen LogP contribution in [0.1, 0.15) is 24.2 Å². The highest BCUT2D eigenvalue weighted by Crippen LogP contribution is 2.17. The molecule has 15 heavy (non-hydrogen) atoms. The van der Waals surface area contributed by atoms with Crippen molar-refractivity contribution >= 4 is 21.8 Å². The van der Waals surface area contributed by atoms with E-state index in [2.05, 4.69) is 21.4 Å². The van der Waals surface area contributed by atoms with E-state index < -0.39 is 11.7 Å². The molecule has 0 bridgehead atoms. The number of carbonyl (C=O) groups is 1. The summed E-state index contributed by atoms with van der Waals surface area (Å²) in [5, 5.41) is 0. The van der Waals surface area contributed by atoms with E-state index in [1.807, 2.05) is 0 Å². The number of nitrogens with one attached hydrogen (secondary N) is 1. The summed E-state index contributed by atoms with van der Waals surface area (Å²) in [6, 6.07) is 3.88. The van der Waals surface area contributed by atoms with Crippen molar-refractivity contribution in [1.29, 1.82) is 0 Å². The second kappa shape index (κ2) is 5.23. The van der Waals surface area contributed by atoms with Crippen LogP contribution in [0.2, 0.25) is 0 Å². The van der Waals surface area contributed by atoms with Gasteiger partial charge in [-0.2, -0.15) is 0 Å². The van der Waals surface area contributed by atoms with Crippen molar-refractivity contribution in [1.82, 2.24) is 5.48 Å². The predicted molar refractivity (Wildman–Crippen MR) is 57.8 cm³/mol. The van der Waals surface area contributed by atoms with Crippen LogP contribution in [-0.2, 0) is 4.84 Å². The number of amides is 1. The molecule has 0 aliphatic heterocycles. The molecule has 0 aromatic heterocycles. The summed E-state index contributed by atoms with van der Waals surface area (Å²) >= 11 is 3.16. The zero-order valence-corrected chi connectivity index (χ0v) is 9.97. The van der Waals surface area contributed by atoms with Crippen LogP contribution in [0, 0.1) is 5.82 Å². The molecular formula is C10H11BrFNO2. The van der Waals surface area contributed by atoms with Gasteiger partial charge in [0.15, 0.2) is 0 Å². The third-order valence-corrected chi connectivity index (χ3v) is 2.25. The monoisotopic (exact) mass is 275 g/mol. The summed E-state index contributed by atoms with van der Waals surface area (Å²) in [5.41, 5.74) is 2.44. The molecule has 5 heteroatoms. The maximum Gasteiger partial charge on any atom is 0.276 e. The Morgan fingerprint density at radius 3 is 2.80 bits per heavy atom. The molecule has 1 amide bonds. The topological polar surface area (TPSA) is 38.3 Å². The molecule has 0 heterocycles. The van der Waals surface area contributed by atoms with E-state index in [4.69, 9.17) is 4.84 Å². The number of carbonyl (C=O) groups excluding carboxylic acids is 1. The van der Waals surface area contributed by atoms with Gasteiger partial charge in [0.2, 0.25) is 0 Å². The predicted octanol–water partition coefficient (Wildman–Crippen LogP) is 2.66. The van der Waals surface area contributed by atoms with Crippen molar-refractivity contribution in [3.8, 4) is 0 Å². The largest absolute Gasteiger partial charge is 0.276 e. The molecule has 82 valence electrons. The lowest BCUT2D eigenvalue weighted by atomic mass is 10.2. The first-order valence-electron chi connectivity index (χ1n) is 4.41. The first-order chi connectivity index (χ1) is 7.00. The lowest BCUT2D eigenvalue weighted by molar-refractivity contribution is 0.000115. The number of hydrogen-bond acceptors (Lipinski definition) is 2. The Labute approximate surface area is 95.7 Å². The molecule has 0 fully saturated rings. The van der Waals surface area contributed by atoms with Gasteiger partial charge in [0.25, 0.3) is 5.91 Å². The van der Waals surface area contributed by atoms with Crippen molar-refractivity contribution in [3.63, 3.8) is 0 Å². The van der Waals surface area contributed by atoms with Gasteiger partial charge >= 0.3 is 0 Å². The number of benzene rings is 1. The molecular weight excluding hydrogens is 265 g/mol. The Hall–Kier alpha value is -0.940. The fraction of sp³-hybridized carbons (Fsp3) is 0.300. The van der Waals surface area contributed by atoms with Gasteiger partial charge in [-0.3, -0.25) is 9.63 Å². The standard InChI is InChI=1S/C10H11BrFNO2/c1-6(2)15-13-10(14)8-5-7(12)3-4-9(8)11/h3-6H,1-2H3,(H,13,14). The van der Waals surface area contributed by atoms with Crippen molar-refractivity contribution in [2.75, 3.05) is 0 Å². The van der Waals surface area contributed by atoms with Gasteiger partial charge in [-0.1, -0.05) is 0 Å². The minimum atomic E-state index is -0.477. The minimum Gasteiger partial charge on any atom is -0.271 e. The van der Waals surface area contributed by atoms with Crippen LogP contribution in [0.3, 0.4) is 0 Å². The van der Waals surface area contributed by atoms with E-state index in [1.54, 1.807) is 13.8 Å². The Balaban J connectivity index is 2.77. The van der Waals surface area contributed by atoms with E-state index in [0.29, 0.717) is 4.47 Å². The summed E-state index contributed by atoms with van der Waals surface area (Å²) in [6.07, 6.45) is -0.124. The van der Waals surface area contributed by atoms with Crippen molar-refractivity contribution in [3.05, 3.63) is 34.1 Å². The minimum absolute atomic E-state index is 0.124. The summed E-state index contributed by atoms with van der Waals surface area (Å²) in [4.78, 5) is 16.4. The summed E-state index contributed by atoms with van der Waals surface area (Å²) in [6.45, 7) is 3.56. The van der Waals surface area contributed by atoms with Crippen LogP contribution >= 0.6 is 15.9 Å². The second-order valence-corrected chi connectivity index (χ2v) is 4.08. The second-order valence-electron chi connectivity index (χ2n) is 3.22. The first kappa shape index (κ1) is 12.1. The van der Waals surface area contributed by atoms with Crippen LogP contribution in [0.15, 0.2) is 22.7 Å². The fourth-order valence-corrected chi connectivity index (χ4v) is 1.32. The van der Waals surface area contributed by atoms with Crippen LogP contribution in [0.4, 0.5) is 4.39 Å². The van der Waals surface area contributed by atoms with Gasteiger partial charge in [0, 0.05) is 4.47 Å². The van der Waals surface area contributed by atoms with Gasteiger partial charge in [-0.25, -0.2) is 9.87 Å².